The molecule has 2 fully saturated rings. The van der Waals surface area contributed by atoms with Gasteiger partial charge in [-0.25, -0.2) is 9.59 Å². The zero-order valence-electron chi connectivity index (χ0n) is 27.0. The van der Waals surface area contributed by atoms with Crippen LogP contribution in [-0.2, 0) is 30.5 Å². The number of hydrogen-bond acceptors (Lipinski definition) is 4. The fourth-order valence-electron chi connectivity index (χ4n) is 7.10. The van der Waals surface area contributed by atoms with Crippen molar-refractivity contribution < 1.29 is 14.4 Å². The average molecular weight is 603 g/mol. The van der Waals surface area contributed by atoms with Gasteiger partial charge in [0.05, 0.1) is 0 Å². The number of carbonyl (C=O) groups excluding carboxylic acids is 3. The maximum Gasteiger partial charge on any atom is 0.322 e. The highest BCUT2D eigenvalue weighted by Gasteiger charge is 2.34. The van der Waals surface area contributed by atoms with Crippen LogP contribution in [0.25, 0.3) is 0 Å². The quantitative estimate of drug-likeness (QED) is 0.465. The Bertz CT molecular complexity index is 1310. The predicted molar refractivity (Wildman–Crippen MR) is 175 cm³/mol. The molecule has 5 rings (SSSR count). The maximum absolute atomic E-state index is 13.9. The van der Waals surface area contributed by atoms with E-state index in [1.165, 1.54) is 11.1 Å². The third-order valence-electron chi connectivity index (χ3n) is 9.91. The summed E-state index contributed by atoms with van der Waals surface area (Å²) in [5.74, 6) is 0.00358. The average Bonchev–Trinajstić information content (AvgIpc) is 3.22. The molecule has 2 N–H and O–H groups in total. The highest BCUT2D eigenvalue weighted by molar-refractivity contribution is 5.91. The molecular formula is C35H50N6O3. The summed E-state index contributed by atoms with van der Waals surface area (Å²) in [5.41, 5.74) is 5.75. The lowest BCUT2D eigenvalue weighted by atomic mass is 9.96. The first-order valence-electron chi connectivity index (χ1n) is 16.5. The lowest BCUT2D eigenvalue weighted by molar-refractivity contribution is -0.134. The first kappa shape index (κ1) is 31.8. The maximum atomic E-state index is 13.9. The first-order valence-corrected chi connectivity index (χ1v) is 16.5. The third kappa shape index (κ3) is 7.37. The van der Waals surface area contributed by atoms with Gasteiger partial charge in [-0.3, -0.25) is 4.79 Å². The molecule has 0 unspecified atom stereocenters. The molecule has 238 valence electrons. The Morgan fingerprint density at radius 2 is 1.59 bits per heavy atom. The summed E-state index contributed by atoms with van der Waals surface area (Å²) in [6, 6.07) is 14.1. The van der Waals surface area contributed by atoms with Crippen LogP contribution in [0.15, 0.2) is 42.5 Å². The molecule has 2 aromatic carbocycles. The zero-order chi connectivity index (χ0) is 31.2. The van der Waals surface area contributed by atoms with E-state index in [1.807, 2.05) is 32.9 Å². The van der Waals surface area contributed by atoms with Gasteiger partial charge in [0.2, 0.25) is 5.91 Å². The second-order valence-corrected chi connectivity index (χ2v) is 12.8. The van der Waals surface area contributed by atoms with E-state index in [0.717, 1.165) is 48.9 Å². The van der Waals surface area contributed by atoms with E-state index >= 15 is 0 Å². The third-order valence-corrected chi connectivity index (χ3v) is 9.91. The van der Waals surface area contributed by atoms with Crippen molar-refractivity contribution in [1.82, 2.24) is 24.9 Å². The Kier molecular flexibility index (Phi) is 10.5. The Balaban J connectivity index is 1.23. The largest absolute Gasteiger partial charge is 0.341 e. The van der Waals surface area contributed by atoms with Gasteiger partial charge in [0.15, 0.2) is 0 Å². The molecule has 2 saturated heterocycles. The smallest absolute Gasteiger partial charge is 0.322 e. The van der Waals surface area contributed by atoms with Crippen LogP contribution in [0.3, 0.4) is 0 Å². The first-order chi connectivity index (χ1) is 21.3. The number of nitrogens with zero attached hydrogens (tertiary/aromatic N) is 4. The van der Waals surface area contributed by atoms with Crippen molar-refractivity contribution in [3.63, 3.8) is 0 Å². The molecule has 3 aliphatic heterocycles. The molecule has 1 atom stereocenters. The number of rotatable bonds is 8. The number of benzene rings is 2. The molecular weight excluding hydrogens is 552 g/mol. The Labute approximate surface area is 262 Å². The van der Waals surface area contributed by atoms with Gasteiger partial charge in [0.25, 0.3) is 0 Å². The Morgan fingerprint density at radius 1 is 0.909 bits per heavy atom. The second-order valence-electron chi connectivity index (χ2n) is 12.8. The van der Waals surface area contributed by atoms with Gasteiger partial charge in [0.1, 0.15) is 6.04 Å². The highest BCUT2D eigenvalue weighted by atomic mass is 16.2. The fraction of sp³-hybridized carbons (Fsp3) is 0.571. The van der Waals surface area contributed by atoms with E-state index in [2.05, 4.69) is 67.7 Å². The van der Waals surface area contributed by atoms with Crippen LogP contribution in [-0.4, -0.2) is 103 Å². The monoisotopic (exact) mass is 602 g/mol. The minimum Gasteiger partial charge on any atom is -0.341 e. The highest BCUT2D eigenvalue weighted by Crippen LogP contribution is 2.25. The number of anilines is 1. The minimum absolute atomic E-state index is 0.00358. The number of carbonyl (C=O) groups is 3. The van der Waals surface area contributed by atoms with Crippen molar-refractivity contribution in [2.45, 2.75) is 83.3 Å². The molecule has 0 radical (unpaired) electrons. The molecule has 9 nitrogen and oxygen atoms in total. The molecule has 2 aromatic rings. The van der Waals surface area contributed by atoms with Gasteiger partial charge in [-0.05, 0) is 87.4 Å². The van der Waals surface area contributed by atoms with E-state index in [4.69, 9.17) is 0 Å². The summed E-state index contributed by atoms with van der Waals surface area (Å²) < 4.78 is 0. The molecule has 0 spiro atoms. The Hall–Kier alpha value is -3.59. The van der Waals surface area contributed by atoms with Crippen LogP contribution in [0, 0.1) is 0 Å². The summed E-state index contributed by atoms with van der Waals surface area (Å²) in [6.07, 6.45) is 6.50. The van der Waals surface area contributed by atoms with Crippen LogP contribution in [0.1, 0.15) is 61.8 Å². The normalized spacial score (nSPS) is 18.9. The lowest BCUT2D eigenvalue weighted by Gasteiger charge is -2.39. The molecule has 0 aromatic heterocycles. The van der Waals surface area contributed by atoms with Gasteiger partial charge < -0.3 is 30.2 Å². The van der Waals surface area contributed by atoms with Crippen LogP contribution in [0.5, 0.6) is 0 Å². The summed E-state index contributed by atoms with van der Waals surface area (Å²) in [6.45, 7) is 7.50. The number of likely N-dealkylation sites (tertiary alicyclic amines) is 2. The van der Waals surface area contributed by atoms with Crippen LogP contribution in [0.2, 0.25) is 0 Å². The number of nitrogens with one attached hydrogen (secondary N) is 2. The number of urea groups is 2. The van der Waals surface area contributed by atoms with Gasteiger partial charge in [-0.2, -0.15) is 0 Å². The predicted octanol–water partition coefficient (Wildman–Crippen LogP) is 4.54. The summed E-state index contributed by atoms with van der Waals surface area (Å²) in [7, 11) is 4.19. The van der Waals surface area contributed by atoms with Crippen LogP contribution in [0.4, 0.5) is 15.3 Å². The zero-order valence-corrected chi connectivity index (χ0v) is 27.0. The minimum atomic E-state index is -0.622. The molecule has 0 bridgehead atoms. The van der Waals surface area contributed by atoms with E-state index in [0.29, 0.717) is 58.0 Å². The molecule has 9 heteroatoms. The van der Waals surface area contributed by atoms with Crippen molar-refractivity contribution in [2.75, 3.05) is 52.1 Å². The van der Waals surface area contributed by atoms with Crippen molar-refractivity contribution in [3.05, 3.63) is 64.7 Å². The number of fused-ring (bicyclic) bond motifs is 1. The number of aryl methyl sites for hydroxylation is 2. The van der Waals surface area contributed by atoms with Gasteiger partial charge in [-0.15, -0.1) is 0 Å². The van der Waals surface area contributed by atoms with E-state index in [9.17, 15) is 14.4 Å². The number of piperidine rings is 2. The number of para-hydroxylation sites is 1. The van der Waals surface area contributed by atoms with E-state index in [1.54, 1.807) is 0 Å². The summed E-state index contributed by atoms with van der Waals surface area (Å²) in [4.78, 5) is 48.6. The van der Waals surface area contributed by atoms with Gasteiger partial charge >= 0.3 is 12.1 Å². The van der Waals surface area contributed by atoms with Gasteiger partial charge in [-0.1, -0.05) is 50.2 Å². The van der Waals surface area contributed by atoms with Crippen molar-refractivity contribution in [1.29, 1.82) is 0 Å². The van der Waals surface area contributed by atoms with Crippen molar-refractivity contribution in [2.24, 2.45) is 0 Å². The molecule has 44 heavy (non-hydrogen) atoms. The molecule has 0 saturated carbocycles. The molecule has 0 aliphatic carbocycles. The molecule has 3 heterocycles. The second kappa shape index (κ2) is 14.5. The van der Waals surface area contributed by atoms with Gasteiger partial charge in [0, 0.05) is 56.9 Å². The van der Waals surface area contributed by atoms with Crippen molar-refractivity contribution in [3.8, 4) is 0 Å². The van der Waals surface area contributed by atoms with E-state index in [-0.39, 0.29) is 24.0 Å². The lowest BCUT2D eigenvalue weighted by Crippen LogP contribution is -2.57. The molecule has 5 amide bonds. The standard InChI is InChI=1S/C35H50N6O3/c1-5-26-12-11-25(23-27(26)6-2)24-32(33(42)39-18-14-29(15-19-39)38(3)4)37-34(43)40-20-16-30(17-21-40)41-22-13-28-9-7-8-10-31(28)36-35(41)44/h7-12,23,29-30,32H,5-6,13-22,24H2,1-4H3,(H,36,44)(H,37,43)/t32-/m1/s1. The summed E-state index contributed by atoms with van der Waals surface area (Å²) >= 11 is 0. The van der Waals surface area contributed by atoms with Crippen LogP contribution < -0.4 is 10.6 Å². The number of amides is 5. The SMILES string of the molecule is CCc1ccc(C[C@@H](NC(=O)N2CCC(N3CCc4ccccc4NC3=O)CC2)C(=O)N2CCC(N(C)C)CC2)cc1CC. The summed E-state index contributed by atoms with van der Waals surface area (Å²) in [5, 5.41) is 6.22. The molecule has 3 aliphatic rings. The number of hydrogen-bond donors (Lipinski definition) is 2. The van der Waals surface area contributed by atoms with Crippen LogP contribution >= 0.6 is 0 Å². The fourth-order valence-corrected chi connectivity index (χ4v) is 7.10. The van der Waals surface area contributed by atoms with Crippen molar-refractivity contribution >= 4 is 23.7 Å². The topological polar surface area (TPSA) is 88.2 Å². The Morgan fingerprint density at radius 3 is 2.27 bits per heavy atom. The van der Waals surface area contributed by atoms with E-state index < -0.39 is 6.04 Å².